The van der Waals surface area contributed by atoms with Crippen molar-refractivity contribution in [2.24, 2.45) is 0 Å². The predicted molar refractivity (Wildman–Crippen MR) is 85.3 cm³/mol. The Bertz CT molecular complexity index is 520. The minimum absolute atomic E-state index is 0.231. The molecule has 0 heterocycles. The van der Waals surface area contributed by atoms with E-state index < -0.39 is 5.60 Å². The molecule has 1 aromatic rings. The first-order chi connectivity index (χ1) is 10.2. The molecule has 0 amide bonds. The second-order valence-corrected chi connectivity index (χ2v) is 6.42. The van der Waals surface area contributed by atoms with Gasteiger partial charge in [0, 0.05) is 6.42 Å². The third-order valence-corrected chi connectivity index (χ3v) is 2.97. The maximum absolute atomic E-state index is 12.8. The highest BCUT2D eigenvalue weighted by Gasteiger charge is 2.17. The molecular formula is C18H25FO3. The van der Waals surface area contributed by atoms with Crippen LogP contribution in [0.25, 0.3) is 0 Å². The molecule has 0 fully saturated rings. The van der Waals surface area contributed by atoms with Crippen molar-refractivity contribution in [2.45, 2.75) is 53.1 Å². The molecule has 0 N–H and O–H groups in total. The molecule has 4 heteroatoms. The average molecular weight is 308 g/mol. The molecule has 1 aromatic carbocycles. The molecule has 0 saturated carbocycles. The van der Waals surface area contributed by atoms with Crippen molar-refractivity contribution in [1.29, 1.82) is 0 Å². The Balaban J connectivity index is 2.50. The molecule has 122 valence electrons. The van der Waals surface area contributed by atoms with E-state index in [9.17, 15) is 9.18 Å². The quantitative estimate of drug-likeness (QED) is 0.566. The molecular weight excluding hydrogens is 283 g/mol. The van der Waals surface area contributed by atoms with Gasteiger partial charge >= 0.3 is 5.97 Å². The molecule has 0 spiro atoms. The SMILES string of the molecule is CC(C)=C(CCOc1ccc(F)cc1)CC(=O)OC(C)(C)C. The minimum Gasteiger partial charge on any atom is -0.493 e. The van der Waals surface area contributed by atoms with E-state index in [2.05, 4.69) is 0 Å². The first-order valence-electron chi connectivity index (χ1n) is 7.43. The highest BCUT2D eigenvalue weighted by atomic mass is 19.1. The van der Waals surface area contributed by atoms with Gasteiger partial charge in [-0.05, 0) is 58.9 Å². The van der Waals surface area contributed by atoms with E-state index in [1.165, 1.54) is 12.1 Å². The van der Waals surface area contributed by atoms with Gasteiger partial charge < -0.3 is 9.47 Å². The summed E-state index contributed by atoms with van der Waals surface area (Å²) >= 11 is 0. The van der Waals surface area contributed by atoms with Crippen LogP contribution in [0.4, 0.5) is 4.39 Å². The van der Waals surface area contributed by atoms with Crippen LogP contribution >= 0.6 is 0 Å². The fraction of sp³-hybridized carbons (Fsp3) is 0.500. The summed E-state index contributed by atoms with van der Waals surface area (Å²) in [5.41, 5.74) is 1.62. The number of benzene rings is 1. The van der Waals surface area contributed by atoms with Gasteiger partial charge in [0.1, 0.15) is 17.2 Å². The number of carbonyl (C=O) groups is 1. The first-order valence-corrected chi connectivity index (χ1v) is 7.43. The topological polar surface area (TPSA) is 35.5 Å². The number of carbonyl (C=O) groups excluding carboxylic acids is 1. The first kappa shape index (κ1) is 18.2. The molecule has 1 rings (SSSR count). The van der Waals surface area contributed by atoms with Crippen molar-refractivity contribution in [2.75, 3.05) is 6.61 Å². The molecule has 0 saturated heterocycles. The van der Waals surface area contributed by atoms with Gasteiger partial charge in [0.25, 0.3) is 0 Å². The third kappa shape index (κ3) is 7.25. The number of ether oxygens (including phenoxy) is 2. The maximum atomic E-state index is 12.8. The summed E-state index contributed by atoms with van der Waals surface area (Å²) in [5, 5.41) is 0. The van der Waals surface area contributed by atoms with Crippen LogP contribution in [0.5, 0.6) is 5.75 Å². The van der Waals surface area contributed by atoms with Crippen LogP contribution in [-0.4, -0.2) is 18.2 Å². The summed E-state index contributed by atoms with van der Waals surface area (Å²) < 4.78 is 23.7. The van der Waals surface area contributed by atoms with Gasteiger partial charge in [-0.25, -0.2) is 4.39 Å². The maximum Gasteiger partial charge on any atom is 0.310 e. The summed E-state index contributed by atoms with van der Waals surface area (Å²) in [4.78, 5) is 11.9. The molecule has 0 aliphatic rings. The zero-order chi connectivity index (χ0) is 16.8. The summed E-state index contributed by atoms with van der Waals surface area (Å²) in [7, 11) is 0. The van der Waals surface area contributed by atoms with E-state index in [1.807, 2.05) is 34.6 Å². The van der Waals surface area contributed by atoms with Crippen LogP contribution in [0.15, 0.2) is 35.4 Å². The van der Waals surface area contributed by atoms with E-state index in [0.29, 0.717) is 18.8 Å². The summed E-state index contributed by atoms with van der Waals surface area (Å²) in [6, 6.07) is 5.90. The van der Waals surface area contributed by atoms with E-state index in [4.69, 9.17) is 9.47 Å². The Labute approximate surface area is 132 Å². The molecule has 3 nitrogen and oxygen atoms in total. The highest BCUT2D eigenvalue weighted by Crippen LogP contribution is 2.18. The van der Waals surface area contributed by atoms with Crippen LogP contribution in [-0.2, 0) is 9.53 Å². The second kappa shape index (κ2) is 7.97. The highest BCUT2D eigenvalue weighted by molar-refractivity contribution is 5.73. The molecule has 0 bridgehead atoms. The van der Waals surface area contributed by atoms with Crippen molar-refractivity contribution < 1.29 is 18.7 Å². The van der Waals surface area contributed by atoms with Gasteiger partial charge in [-0.2, -0.15) is 0 Å². The fourth-order valence-corrected chi connectivity index (χ4v) is 1.89. The predicted octanol–water partition coefficient (Wildman–Crippen LogP) is 4.66. The number of allylic oxidation sites excluding steroid dienone is 1. The molecule has 0 unspecified atom stereocenters. The standard InChI is InChI=1S/C18H25FO3/c1-13(2)14(12-17(20)22-18(3,4)5)10-11-21-16-8-6-15(19)7-9-16/h6-9H,10-12H2,1-5H3. The van der Waals surface area contributed by atoms with Crippen molar-refractivity contribution >= 4 is 5.97 Å². The van der Waals surface area contributed by atoms with Crippen LogP contribution in [0, 0.1) is 5.82 Å². The number of hydrogen-bond donors (Lipinski definition) is 0. The lowest BCUT2D eigenvalue weighted by Crippen LogP contribution is -2.24. The zero-order valence-electron chi connectivity index (χ0n) is 14.0. The van der Waals surface area contributed by atoms with Crippen LogP contribution < -0.4 is 4.74 Å². The number of hydrogen-bond acceptors (Lipinski definition) is 3. The monoisotopic (exact) mass is 308 g/mol. The Morgan fingerprint density at radius 1 is 1.14 bits per heavy atom. The number of esters is 1. The Kier molecular flexibility index (Phi) is 6.60. The van der Waals surface area contributed by atoms with Gasteiger partial charge in [0.05, 0.1) is 13.0 Å². The van der Waals surface area contributed by atoms with Gasteiger partial charge in [0.15, 0.2) is 0 Å². The molecule has 0 atom stereocenters. The summed E-state index contributed by atoms with van der Waals surface area (Å²) in [5.74, 6) is 0.0968. The van der Waals surface area contributed by atoms with Gasteiger partial charge in [-0.15, -0.1) is 0 Å². The van der Waals surface area contributed by atoms with E-state index >= 15 is 0 Å². The molecule has 0 aliphatic carbocycles. The van der Waals surface area contributed by atoms with Gasteiger partial charge in [-0.3, -0.25) is 4.79 Å². The lowest BCUT2D eigenvalue weighted by Gasteiger charge is -2.20. The fourth-order valence-electron chi connectivity index (χ4n) is 1.89. The largest absolute Gasteiger partial charge is 0.493 e. The van der Waals surface area contributed by atoms with Crippen molar-refractivity contribution in [3.8, 4) is 5.75 Å². The molecule has 0 radical (unpaired) electrons. The summed E-state index contributed by atoms with van der Waals surface area (Å²) in [6.07, 6.45) is 0.908. The third-order valence-electron chi connectivity index (χ3n) is 2.97. The van der Waals surface area contributed by atoms with Crippen molar-refractivity contribution in [3.05, 3.63) is 41.2 Å². The lowest BCUT2D eigenvalue weighted by atomic mass is 10.0. The zero-order valence-corrected chi connectivity index (χ0v) is 14.0. The van der Waals surface area contributed by atoms with E-state index in [1.54, 1.807) is 12.1 Å². The number of rotatable bonds is 6. The average Bonchev–Trinajstić information content (AvgIpc) is 2.37. The molecule has 22 heavy (non-hydrogen) atoms. The van der Waals surface area contributed by atoms with Gasteiger partial charge in [0.2, 0.25) is 0 Å². The lowest BCUT2D eigenvalue weighted by molar-refractivity contribution is -0.153. The minimum atomic E-state index is -0.478. The Morgan fingerprint density at radius 2 is 1.73 bits per heavy atom. The van der Waals surface area contributed by atoms with E-state index in [-0.39, 0.29) is 18.2 Å². The molecule has 0 aromatic heterocycles. The van der Waals surface area contributed by atoms with E-state index in [0.717, 1.165) is 11.1 Å². The van der Waals surface area contributed by atoms with Crippen molar-refractivity contribution in [1.82, 2.24) is 0 Å². The van der Waals surface area contributed by atoms with Crippen LogP contribution in [0.3, 0.4) is 0 Å². The van der Waals surface area contributed by atoms with Crippen LogP contribution in [0.1, 0.15) is 47.5 Å². The second-order valence-electron chi connectivity index (χ2n) is 6.42. The number of halogens is 1. The molecule has 0 aliphatic heterocycles. The Hall–Kier alpha value is -1.84. The van der Waals surface area contributed by atoms with Gasteiger partial charge in [-0.1, -0.05) is 11.1 Å². The Morgan fingerprint density at radius 3 is 2.23 bits per heavy atom. The normalized spacial score (nSPS) is 11.0. The smallest absolute Gasteiger partial charge is 0.310 e. The van der Waals surface area contributed by atoms with Crippen LogP contribution in [0.2, 0.25) is 0 Å². The van der Waals surface area contributed by atoms with Crippen molar-refractivity contribution in [3.63, 3.8) is 0 Å². The summed E-state index contributed by atoms with van der Waals surface area (Å²) in [6.45, 7) is 9.93.